The number of methoxy groups -OCH3 is 6. The Balaban J connectivity index is 1.11. The second-order valence-corrected chi connectivity index (χ2v) is 10.9. The fourth-order valence-corrected chi connectivity index (χ4v) is 5.54. The van der Waals surface area contributed by atoms with Gasteiger partial charge in [-0.15, -0.1) is 0 Å². The summed E-state index contributed by atoms with van der Waals surface area (Å²) < 4.78 is 50.6. The molecular weight excluding hydrogens is 646 g/mol. The SMILES string of the molecule is COc1ccc2c(c1)C(=O)NC(c1ccc(OCCOc3cc(-c4cc(-c5cc(OC)c(OC)c(OC)c5)on4)ccc3OC)c(OC)c1)N2. The number of ether oxygens (including phenoxy) is 8. The summed E-state index contributed by atoms with van der Waals surface area (Å²) in [6, 6.07) is 21.7. The zero-order valence-electron chi connectivity index (χ0n) is 28.4. The predicted octanol–water partition coefficient (Wildman–Crippen LogP) is 6.37. The normalized spacial score (nSPS) is 13.3. The minimum absolute atomic E-state index is 0.207. The summed E-state index contributed by atoms with van der Waals surface area (Å²) in [5, 5.41) is 10.6. The summed E-state index contributed by atoms with van der Waals surface area (Å²) >= 11 is 0. The number of carbonyl (C=O) groups is 1. The van der Waals surface area contributed by atoms with Gasteiger partial charge in [-0.1, -0.05) is 11.2 Å². The Morgan fingerprint density at radius 1 is 0.620 bits per heavy atom. The van der Waals surface area contributed by atoms with Crippen LogP contribution in [0.25, 0.3) is 22.6 Å². The summed E-state index contributed by atoms with van der Waals surface area (Å²) in [6.45, 7) is 0.423. The monoisotopic (exact) mass is 683 g/mol. The van der Waals surface area contributed by atoms with E-state index in [9.17, 15) is 4.79 Å². The molecule has 1 aliphatic rings. The number of amides is 1. The molecule has 2 N–H and O–H groups in total. The van der Waals surface area contributed by atoms with Gasteiger partial charge < -0.3 is 53.1 Å². The number of hydrogen-bond acceptors (Lipinski definition) is 12. The van der Waals surface area contributed by atoms with Crippen LogP contribution < -0.4 is 48.5 Å². The Hall–Kier alpha value is -6.24. The van der Waals surface area contributed by atoms with Gasteiger partial charge >= 0.3 is 0 Å². The molecule has 5 aromatic rings. The first-order chi connectivity index (χ1) is 24.4. The lowest BCUT2D eigenvalue weighted by Crippen LogP contribution is -2.38. The lowest BCUT2D eigenvalue weighted by Gasteiger charge is -2.28. The van der Waals surface area contributed by atoms with Crippen LogP contribution >= 0.6 is 0 Å². The molecule has 260 valence electrons. The van der Waals surface area contributed by atoms with Gasteiger partial charge in [-0.3, -0.25) is 4.79 Å². The van der Waals surface area contributed by atoms with Crippen LogP contribution in [0.15, 0.2) is 77.3 Å². The summed E-state index contributed by atoms with van der Waals surface area (Å²) in [7, 11) is 9.35. The second kappa shape index (κ2) is 14.9. The molecule has 1 aliphatic heterocycles. The fourth-order valence-electron chi connectivity index (χ4n) is 5.54. The van der Waals surface area contributed by atoms with Gasteiger partial charge in [-0.25, -0.2) is 0 Å². The van der Waals surface area contributed by atoms with Crippen molar-refractivity contribution in [2.45, 2.75) is 6.17 Å². The molecular formula is C37H37N3O10. The van der Waals surface area contributed by atoms with Gasteiger partial charge in [0.05, 0.1) is 48.2 Å². The molecule has 4 aromatic carbocycles. The van der Waals surface area contributed by atoms with Crippen LogP contribution in [0.4, 0.5) is 5.69 Å². The summed E-state index contributed by atoms with van der Waals surface area (Å²) in [5.41, 5.74) is 4.06. The van der Waals surface area contributed by atoms with Crippen LogP contribution in [0.2, 0.25) is 0 Å². The molecule has 0 aliphatic carbocycles. The Bertz CT molecular complexity index is 1970. The maximum atomic E-state index is 12.8. The van der Waals surface area contributed by atoms with Crippen molar-refractivity contribution in [3.8, 4) is 68.6 Å². The highest BCUT2D eigenvalue weighted by molar-refractivity contribution is 6.02. The summed E-state index contributed by atoms with van der Waals surface area (Å²) in [6.07, 6.45) is -0.461. The number of nitrogens with zero attached hydrogens (tertiary/aromatic N) is 1. The summed E-state index contributed by atoms with van der Waals surface area (Å²) in [5.74, 6) is 4.47. The van der Waals surface area contributed by atoms with E-state index in [1.165, 1.54) is 0 Å². The van der Waals surface area contributed by atoms with Gasteiger partial charge in [-0.05, 0) is 66.2 Å². The van der Waals surface area contributed by atoms with Crippen LogP contribution in [0.5, 0.6) is 46.0 Å². The number of carbonyl (C=O) groups excluding carboxylic acids is 1. The first-order valence-electron chi connectivity index (χ1n) is 15.5. The molecule has 1 amide bonds. The Morgan fingerprint density at radius 3 is 1.98 bits per heavy atom. The largest absolute Gasteiger partial charge is 0.497 e. The molecule has 13 heteroatoms. The number of nitrogens with one attached hydrogen (secondary N) is 2. The van der Waals surface area contributed by atoms with Crippen molar-refractivity contribution in [2.24, 2.45) is 0 Å². The Kier molecular flexibility index (Phi) is 10.0. The molecule has 0 fully saturated rings. The number of anilines is 1. The molecule has 1 unspecified atom stereocenters. The zero-order chi connectivity index (χ0) is 35.2. The summed E-state index contributed by atoms with van der Waals surface area (Å²) in [4.78, 5) is 12.8. The number of fused-ring (bicyclic) bond motifs is 1. The van der Waals surface area contributed by atoms with Crippen molar-refractivity contribution in [1.29, 1.82) is 0 Å². The van der Waals surface area contributed by atoms with E-state index >= 15 is 0 Å². The van der Waals surface area contributed by atoms with Gasteiger partial charge in [-0.2, -0.15) is 0 Å². The molecule has 6 rings (SSSR count). The first-order valence-corrected chi connectivity index (χ1v) is 15.5. The van der Waals surface area contributed by atoms with Crippen LogP contribution in [-0.2, 0) is 0 Å². The number of hydrogen-bond donors (Lipinski definition) is 2. The number of benzene rings is 4. The molecule has 0 saturated carbocycles. The van der Waals surface area contributed by atoms with E-state index in [-0.39, 0.29) is 19.1 Å². The van der Waals surface area contributed by atoms with E-state index in [1.54, 1.807) is 79.1 Å². The van der Waals surface area contributed by atoms with Crippen LogP contribution in [0.3, 0.4) is 0 Å². The average molecular weight is 684 g/mol. The van der Waals surface area contributed by atoms with Gasteiger partial charge in [0.15, 0.2) is 40.3 Å². The quantitative estimate of drug-likeness (QED) is 0.126. The lowest BCUT2D eigenvalue weighted by atomic mass is 10.0. The van der Waals surface area contributed by atoms with Crippen LogP contribution in [0.1, 0.15) is 22.1 Å². The highest BCUT2D eigenvalue weighted by Gasteiger charge is 2.26. The minimum atomic E-state index is -0.461. The molecule has 1 aromatic heterocycles. The number of rotatable bonds is 14. The van der Waals surface area contributed by atoms with E-state index in [2.05, 4.69) is 15.8 Å². The van der Waals surface area contributed by atoms with E-state index in [1.807, 2.05) is 36.4 Å². The molecule has 0 saturated heterocycles. The fraction of sp³-hybridized carbons (Fsp3) is 0.243. The molecule has 13 nitrogen and oxygen atoms in total. The third-order valence-electron chi connectivity index (χ3n) is 8.08. The first kappa shape index (κ1) is 33.7. The molecule has 1 atom stereocenters. The van der Waals surface area contributed by atoms with Crippen molar-refractivity contribution in [1.82, 2.24) is 10.5 Å². The Morgan fingerprint density at radius 2 is 1.30 bits per heavy atom. The maximum absolute atomic E-state index is 12.8. The number of aromatic nitrogens is 1. The van der Waals surface area contributed by atoms with Crippen molar-refractivity contribution >= 4 is 11.6 Å². The van der Waals surface area contributed by atoms with Crippen LogP contribution in [0, 0.1) is 0 Å². The van der Waals surface area contributed by atoms with Crippen LogP contribution in [-0.4, -0.2) is 66.9 Å². The van der Waals surface area contributed by atoms with Gasteiger partial charge in [0.25, 0.3) is 5.91 Å². The standard InChI is InChI=1S/C37H37N3O10/c1-42-24-9-10-26-25(19-24)37(41)39-36(38-26)22-8-12-29(31(16-22)44-3)48-13-14-49-32-15-21(7-11-28(32)43-2)27-20-30(50-40-27)23-17-33(45-4)35(47-6)34(18-23)46-5/h7-12,15-20,36,38H,13-14H2,1-6H3,(H,39,41). The highest BCUT2D eigenvalue weighted by Crippen LogP contribution is 2.42. The van der Waals surface area contributed by atoms with Crippen molar-refractivity contribution < 1.29 is 47.2 Å². The van der Waals surface area contributed by atoms with E-state index in [0.29, 0.717) is 74.3 Å². The average Bonchev–Trinajstić information content (AvgIpc) is 3.66. The zero-order valence-corrected chi connectivity index (χ0v) is 28.4. The van der Waals surface area contributed by atoms with Gasteiger partial charge in [0.1, 0.15) is 30.8 Å². The molecule has 50 heavy (non-hydrogen) atoms. The predicted molar refractivity (Wildman–Crippen MR) is 184 cm³/mol. The van der Waals surface area contributed by atoms with Crippen molar-refractivity contribution in [3.05, 3.63) is 83.9 Å². The van der Waals surface area contributed by atoms with E-state index in [0.717, 1.165) is 11.1 Å². The highest BCUT2D eigenvalue weighted by atomic mass is 16.6. The minimum Gasteiger partial charge on any atom is -0.497 e. The molecule has 0 bridgehead atoms. The Labute approximate surface area is 288 Å². The molecule has 0 spiro atoms. The smallest absolute Gasteiger partial charge is 0.255 e. The van der Waals surface area contributed by atoms with Gasteiger partial charge in [0, 0.05) is 22.9 Å². The lowest BCUT2D eigenvalue weighted by molar-refractivity contribution is 0.0935. The molecule has 0 radical (unpaired) electrons. The third-order valence-corrected chi connectivity index (χ3v) is 8.08. The van der Waals surface area contributed by atoms with E-state index < -0.39 is 6.17 Å². The topological polar surface area (TPSA) is 141 Å². The van der Waals surface area contributed by atoms with Crippen molar-refractivity contribution in [2.75, 3.05) is 61.2 Å². The second-order valence-electron chi connectivity index (χ2n) is 10.9. The molecule has 2 heterocycles. The van der Waals surface area contributed by atoms with E-state index in [4.69, 9.17) is 42.4 Å². The maximum Gasteiger partial charge on any atom is 0.255 e. The third kappa shape index (κ3) is 6.83. The van der Waals surface area contributed by atoms with Gasteiger partial charge in [0.2, 0.25) is 5.75 Å². The van der Waals surface area contributed by atoms with Crippen molar-refractivity contribution in [3.63, 3.8) is 0 Å².